The Morgan fingerprint density at radius 3 is 1.82 bits per heavy atom. The Balaban J connectivity index is 0.000000611. The molecular weight excluding hydrogens is 680 g/mol. The minimum Gasteiger partial charge on any atom is -0.550 e. The predicted molar refractivity (Wildman–Crippen MR) is 191 cm³/mol. The summed E-state index contributed by atoms with van der Waals surface area (Å²) in [7, 11) is 0. The molecule has 2 atom stereocenters. The van der Waals surface area contributed by atoms with Crippen LogP contribution in [0.1, 0.15) is 65.4 Å². The number of hydrogen-bond donors (Lipinski definition) is 3. The van der Waals surface area contributed by atoms with Crippen molar-refractivity contribution >= 4 is 61.3 Å². The maximum absolute atomic E-state index is 14.0. The molecule has 4 aromatic carbocycles. The summed E-state index contributed by atoms with van der Waals surface area (Å²) in [6, 6.07) is 32.8. The van der Waals surface area contributed by atoms with Crippen LogP contribution in [0.3, 0.4) is 0 Å². The Morgan fingerprint density at radius 1 is 0.765 bits per heavy atom. The van der Waals surface area contributed by atoms with Gasteiger partial charge in [0.1, 0.15) is 5.82 Å². The van der Waals surface area contributed by atoms with E-state index in [9.17, 15) is 39.2 Å². The van der Waals surface area contributed by atoms with Gasteiger partial charge >= 0.3 is 37.7 Å². The molecule has 51 heavy (non-hydrogen) atoms. The quantitative estimate of drug-likeness (QED) is 0.150. The SMILES string of the molecule is CC(C)c1c(C(=O)Nc2ccccc2)c(-c2ccccc2)c(-c2ccc(F)cc2)n1CC[C@@H](O)C[C@@H](O)CC(=O)[O-].O=C([O-])c1ccccc1.[Ca+2]. The van der Waals surface area contributed by atoms with Gasteiger partial charge in [-0.2, -0.15) is 0 Å². The van der Waals surface area contributed by atoms with E-state index < -0.39 is 36.4 Å². The van der Waals surface area contributed by atoms with Crippen LogP contribution in [0.25, 0.3) is 22.4 Å². The van der Waals surface area contributed by atoms with Crippen molar-refractivity contribution in [2.45, 2.75) is 57.8 Å². The number of amides is 1. The zero-order chi connectivity index (χ0) is 36.2. The molecule has 0 unspecified atom stereocenters. The number of aliphatic carboxylic acids is 1. The molecule has 0 spiro atoms. The van der Waals surface area contributed by atoms with Crippen molar-refractivity contribution in [3.63, 3.8) is 0 Å². The van der Waals surface area contributed by atoms with Gasteiger partial charge in [0.05, 0.1) is 29.4 Å². The Labute approximate surface area is 326 Å². The largest absolute Gasteiger partial charge is 2.00 e. The van der Waals surface area contributed by atoms with Crippen LogP contribution >= 0.6 is 0 Å². The molecule has 1 amide bonds. The monoisotopic (exact) mass is 718 g/mol. The molecule has 5 aromatic rings. The molecule has 260 valence electrons. The number of hydrogen-bond acceptors (Lipinski definition) is 7. The fraction of sp³-hybridized carbons (Fsp3) is 0.225. The van der Waals surface area contributed by atoms with Gasteiger partial charge in [0.25, 0.3) is 5.91 Å². The van der Waals surface area contributed by atoms with Crippen LogP contribution in [0.5, 0.6) is 0 Å². The number of carbonyl (C=O) groups is 3. The first-order valence-corrected chi connectivity index (χ1v) is 16.2. The third-order valence-corrected chi connectivity index (χ3v) is 7.93. The summed E-state index contributed by atoms with van der Waals surface area (Å²) in [6.07, 6.45) is -2.77. The number of aromatic carboxylic acids is 1. The van der Waals surface area contributed by atoms with E-state index in [4.69, 9.17) is 0 Å². The normalized spacial score (nSPS) is 11.8. The van der Waals surface area contributed by atoms with E-state index in [1.165, 1.54) is 24.3 Å². The molecule has 0 fully saturated rings. The van der Waals surface area contributed by atoms with E-state index in [1.54, 1.807) is 42.5 Å². The van der Waals surface area contributed by atoms with Crippen molar-refractivity contribution < 1.29 is 39.2 Å². The zero-order valence-corrected chi connectivity index (χ0v) is 30.7. The number of nitrogens with one attached hydrogen (secondary N) is 1. The molecule has 0 radical (unpaired) electrons. The van der Waals surface area contributed by atoms with Gasteiger partial charge in [-0.15, -0.1) is 0 Å². The average molecular weight is 719 g/mol. The summed E-state index contributed by atoms with van der Waals surface area (Å²) >= 11 is 0. The van der Waals surface area contributed by atoms with Gasteiger partial charge < -0.3 is 39.9 Å². The van der Waals surface area contributed by atoms with Crippen LogP contribution in [-0.4, -0.2) is 82.6 Å². The average Bonchev–Trinajstić information content (AvgIpc) is 3.44. The van der Waals surface area contributed by atoms with E-state index in [1.807, 2.05) is 66.9 Å². The number of carboxylic acids is 2. The molecule has 1 heterocycles. The fourth-order valence-electron chi connectivity index (χ4n) is 5.77. The number of nitrogens with zero attached hydrogens (tertiary/aromatic N) is 1. The topological polar surface area (TPSA) is 155 Å². The van der Waals surface area contributed by atoms with Crippen molar-refractivity contribution in [3.05, 3.63) is 138 Å². The Kier molecular flexibility index (Phi) is 16.0. The number of aliphatic hydroxyl groups excluding tert-OH is 2. The summed E-state index contributed by atoms with van der Waals surface area (Å²) in [5.41, 5.74) is 4.94. The molecule has 0 aliphatic rings. The number of halogens is 1. The van der Waals surface area contributed by atoms with E-state index in [2.05, 4.69) is 5.32 Å². The summed E-state index contributed by atoms with van der Waals surface area (Å²) in [5.74, 6) is -3.33. The van der Waals surface area contributed by atoms with E-state index >= 15 is 0 Å². The Morgan fingerprint density at radius 2 is 1.31 bits per heavy atom. The van der Waals surface area contributed by atoms with Crippen LogP contribution in [-0.2, 0) is 11.3 Å². The van der Waals surface area contributed by atoms with Crippen molar-refractivity contribution in [2.75, 3.05) is 5.32 Å². The number of aromatic nitrogens is 1. The predicted octanol–water partition coefficient (Wildman–Crippen LogP) is 4.65. The first-order chi connectivity index (χ1) is 24.0. The maximum Gasteiger partial charge on any atom is 2.00 e. The second-order valence-electron chi connectivity index (χ2n) is 12.0. The van der Waals surface area contributed by atoms with Gasteiger partial charge in [-0.1, -0.05) is 92.7 Å². The van der Waals surface area contributed by atoms with Gasteiger partial charge in [0.2, 0.25) is 0 Å². The summed E-state index contributed by atoms with van der Waals surface area (Å²) in [4.78, 5) is 35.0. The van der Waals surface area contributed by atoms with Crippen LogP contribution in [0.15, 0.2) is 115 Å². The molecule has 0 aliphatic carbocycles. The van der Waals surface area contributed by atoms with Crippen molar-refractivity contribution in [2.24, 2.45) is 0 Å². The van der Waals surface area contributed by atoms with Crippen LogP contribution in [0, 0.1) is 5.82 Å². The molecule has 5 rings (SSSR count). The fourth-order valence-corrected chi connectivity index (χ4v) is 5.77. The molecule has 0 bridgehead atoms. The minimum atomic E-state index is -1.39. The number of carbonyl (C=O) groups excluding carboxylic acids is 3. The Hall–Kier alpha value is -4.32. The van der Waals surface area contributed by atoms with Crippen molar-refractivity contribution in [1.82, 2.24) is 4.57 Å². The van der Waals surface area contributed by atoms with E-state index in [0.29, 0.717) is 28.1 Å². The molecule has 9 nitrogen and oxygen atoms in total. The molecule has 0 saturated carbocycles. The molecular formula is C40H39CaFN2O7. The van der Waals surface area contributed by atoms with Gasteiger partial charge in [0, 0.05) is 35.9 Å². The molecule has 1 aromatic heterocycles. The minimum absolute atomic E-state index is 0. The first kappa shape index (κ1) is 41.1. The van der Waals surface area contributed by atoms with Gasteiger partial charge in [-0.25, -0.2) is 4.39 Å². The van der Waals surface area contributed by atoms with Crippen LogP contribution in [0.4, 0.5) is 10.1 Å². The number of carboxylic acid groups (broad SMARTS) is 2. The number of aliphatic hydroxyl groups is 2. The van der Waals surface area contributed by atoms with Gasteiger partial charge in [-0.3, -0.25) is 4.79 Å². The van der Waals surface area contributed by atoms with Crippen LogP contribution in [0.2, 0.25) is 0 Å². The summed E-state index contributed by atoms with van der Waals surface area (Å²) < 4.78 is 16.0. The van der Waals surface area contributed by atoms with Gasteiger partial charge in [0.15, 0.2) is 0 Å². The number of anilines is 1. The summed E-state index contributed by atoms with van der Waals surface area (Å²) in [5, 5.41) is 44.7. The van der Waals surface area contributed by atoms with Crippen LogP contribution < -0.4 is 15.5 Å². The third-order valence-electron chi connectivity index (χ3n) is 7.93. The number of para-hydroxylation sites is 1. The standard InChI is InChI=1S/C33H35FN2O5.C7H6O2.Ca/c1-21(2)31-30(33(41)35-25-11-7-4-8-12-25)29(22-9-5-3-6-10-22)32(23-13-15-24(34)16-14-23)36(31)18-17-26(37)19-27(38)20-28(39)40;8-7(9)6-4-2-1-3-5-6;/h3-16,21,26-27,37-38H,17-20H2,1-2H3,(H,35,41)(H,39,40);1-5H,(H,8,9);/q;;+2/p-2/t26-,27-;;/m1../s1. The van der Waals surface area contributed by atoms with Crippen molar-refractivity contribution in [3.8, 4) is 22.4 Å². The molecule has 0 saturated heterocycles. The van der Waals surface area contributed by atoms with E-state index in [-0.39, 0.29) is 74.5 Å². The summed E-state index contributed by atoms with van der Waals surface area (Å²) in [6.45, 7) is 4.22. The zero-order valence-electron chi connectivity index (χ0n) is 28.5. The van der Waals surface area contributed by atoms with Gasteiger partial charge in [-0.05, 0) is 71.8 Å². The second kappa shape index (κ2) is 19.9. The van der Waals surface area contributed by atoms with Crippen molar-refractivity contribution in [1.29, 1.82) is 0 Å². The number of rotatable bonds is 13. The maximum atomic E-state index is 14.0. The molecule has 3 N–H and O–H groups in total. The third kappa shape index (κ3) is 11.6. The van der Waals surface area contributed by atoms with E-state index in [0.717, 1.165) is 11.3 Å². The Bertz CT molecular complexity index is 1870. The molecule has 0 aliphatic heterocycles. The smallest absolute Gasteiger partial charge is 0.550 e. The number of benzene rings is 4. The second-order valence-corrected chi connectivity index (χ2v) is 12.0. The molecule has 11 heteroatoms. The first-order valence-electron chi connectivity index (χ1n) is 16.2.